The predicted molar refractivity (Wildman–Crippen MR) is 108 cm³/mol. The van der Waals surface area contributed by atoms with Gasteiger partial charge in [-0.05, 0) is 23.3 Å². The first-order valence-corrected chi connectivity index (χ1v) is 9.32. The van der Waals surface area contributed by atoms with Gasteiger partial charge in [0, 0.05) is 26.2 Å². The fourth-order valence-electron chi connectivity index (χ4n) is 3.14. The molecule has 1 fully saturated rings. The lowest BCUT2D eigenvalue weighted by molar-refractivity contribution is 0.0858. The second-order valence-electron chi connectivity index (χ2n) is 6.44. The molecule has 0 saturated carbocycles. The average Bonchev–Trinajstić information content (AvgIpc) is 2.72. The monoisotopic (exact) mass is 383 g/mol. The Bertz CT molecular complexity index is 870. The number of nitrogens with one attached hydrogen (secondary N) is 1. The van der Waals surface area contributed by atoms with Crippen LogP contribution in [0.15, 0.2) is 47.5 Å². The zero-order valence-electron chi connectivity index (χ0n) is 15.9. The molecule has 0 atom stereocenters. The molecule has 1 heterocycles. The van der Waals surface area contributed by atoms with Crippen LogP contribution < -0.4 is 11.1 Å². The normalized spacial score (nSPS) is 14.8. The maximum atomic E-state index is 12.4. The summed E-state index contributed by atoms with van der Waals surface area (Å²) in [7, 11) is 0. The van der Waals surface area contributed by atoms with Gasteiger partial charge in [0.1, 0.15) is 0 Å². The maximum absolute atomic E-state index is 12.4. The van der Waals surface area contributed by atoms with Gasteiger partial charge in [0.05, 0.1) is 13.2 Å². The number of carbonyl (C=O) groups excluding carboxylic acids is 2. The smallest absolute Gasteiger partial charge is 0.409 e. The van der Waals surface area contributed by atoms with Gasteiger partial charge in [-0.1, -0.05) is 42.5 Å². The lowest BCUT2D eigenvalue weighted by Gasteiger charge is -2.33. The van der Waals surface area contributed by atoms with Crippen molar-refractivity contribution in [1.82, 2.24) is 15.1 Å². The van der Waals surface area contributed by atoms with E-state index in [1.807, 2.05) is 42.5 Å². The molecule has 3 amide bonds. The van der Waals surface area contributed by atoms with E-state index in [2.05, 4.69) is 10.3 Å². The van der Waals surface area contributed by atoms with Crippen molar-refractivity contribution in [3.8, 4) is 0 Å². The summed E-state index contributed by atoms with van der Waals surface area (Å²) in [5.41, 5.74) is 6.94. The van der Waals surface area contributed by atoms with Gasteiger partial charge < -0.3 is 20.3 Å². The highest BCUT2D eigenvalue weighted by Crippen LogP contribution is 2.19. The zero-order valence-corrected chi connectivity index (χ0v) is 15.9. The second-order valence-corrected chi connectivity index (χ2v) is 6.44. The molecule has 148 valence electrons. The molecule has 1 aliphatic rings. The maximum Gasteiger partial charge on any atom is 0.409 e. The number of carbonyl (C=O) groups is 2. The van der Waals surface area contributed by atoms with Gasteiger partial charge in [-0.15, -0.1) is 0 Å². The number of aliphatic imine (C=N–C) groups is 1. The lowest BCUT2D eigenvalue weighted by atomic mass is 10.1. The van der Waals surface area contributed by atoms with E-state index in [0.717, 1.165) is 16.3 Å². The fourth-order valence-corrected chi connectivity index (χ4v) is 3.14. The first-order valence-electron chi connectivity index (χ1n) is 9.32. The Hall–Kier alpha value is -3.29. The van der Waals surface area contributed by atoms with Crippen LogP contribution in [0.4, 0.5) is 9.59 Å². The highest BCUT2D eigenvalue weighted by atomic mass is 16.6. The van der Waals surface area contributed by atoms with Crippen molar-refractivity contribution >= 4 is 28.9 Å². The highest BCUT2D eigenvalue weighted by Gasteiger charge is 2.25. The Morgan fingerprint density at radius 3 is 2.50 bits per heavy atom. The van der Waals surface area contributed by atoms with E-state index in [9.17, 15) is 9.59 Å². The van der Waals surface area contributed by atoms with Crippen LogP contribution >= 0.6 is 0 Å². The van der Waals surface area contributed by atoms with Crippen LogP contribution in [0.25, 0.3) is 10.8 Å². The lowest BCUT2D eigenvalue weighted by Crippen LogP contribution is -2.55. The molecule has 0 aromatic heterocycles. The van der Waals surface area contributed by atoms with Gasteiger partial charge in [-0.3, -0.25) is 5.32 Å². The van der Waals surface area contributed by atoms with Crippen LogP contribution in [-0.2, 0) is 11.3 Å². The Labute approximate surface area is 163 Å². The van der Waals surface area contributed by atoms with E-state index >= 15 is 0 Å². The van der Waals surface area contributed by atoms with Crippen molar-refractivity contribution in [2.45, 2.75) is 13.5 Å². The molecule has 2 aromatic carbocycles. The Balaban J connectivity index is 1.54. The van der Waals surface area contributed by atoms with Crippen molar-refractivity contribution in [3.05, 3.63) is 48.0 Å². The molecule has 1 aliphatic heterocycles. The number of piperazine rings is 1. The molecule has 0 spiro atoms. The highest BCUT2D eigenvalue weighted by molar-refractivity contribution is 5.95. The number of ether oxygens (including phenoxy) is 1. The van der Waals surface area contributed by atoms with Crippen LogP contribution in [0, 0.1) is 0 Å². The summed E-state index contributed by atoms with van der Waals surface area (Å²) in [4.78, 5) is 31.6. The number of nitrogens with zero attached hydrogens (tertiary/aromatic N) is 3. The van der Waals surface area contributed by atoms with Gasteiger partial charge in [-0.2, -0.15) is 0 Å². The molecule has 3 N–H and O–H groups in total. The summed E-state index contributed by atoms with van der Waals surface area (Å²) < 4.78 is 4.97. The largest absolute Gasteiger partial charge is 0.450 e. The quantitative estimate of drug-likeness (QED) is 0.626. The Morgan fingerprint density at radius 2 is 1.75 bits per heavy atom. The summed E-state index contributed by atoms with van der Waals surface area (Å²) in [6.45, 7) is 4.18. The number of guanidine groups is 1. The minimum absolute atomic E-state index is 0.0748. The molecule has 8 nitrogen and oxygen atoms in total. The standard InChI is InChI=1S/C20H25N5O3/c1-2-28-20(27)25-12-10-24(11-13-25)19(26)23-18(21)22-14-16-8-5-7-15-6-3-4-9-17(15)16/h3-9H,2,10-14H2,1H3,(H3,21,22,23,26). The van der Waals surface area contributed by atoms with E-state index in [1.54, 1.807) is 16.7 Å². The molecule has 0 radical (unpaired) electrons. The molecule has 1 saturated heterocycles. The molecular weight excluding hydrogens is 358 g/mol. The predicted octanol–water partition coefficient (Wildman–Crippen LogP) is 2.14. The van der Waals surface area contributed by atoms with Crippen LogP contribution in [0.1, 0.15) is 12.5 Å². The molecule has 2 aromatic rings. The van der Waals surface area contributed by atoms with Crippen LogP contribution in [0.3, 0.4) is 0 Å². The van der Waals surface area contributed by atoms with E-state index in [-0.39, 0.29) is 18.1 Å². The van der Waals surface area contributed by atoms with Gasteiger partial charge in [-0.25, -0.2) is 14.6 Å². The van der Waals surface area contributed by atoms with Crippen molar-refractivity contribution in [3.63, 3.8) is 0 Å². The first-order chi connectivity index (χ1) is 13.6. The number of amides is 3. The van der Waals surface area contributed by atoms with Crippen LogP contribution in [-0.4, -0.2) is 60.7 Å². The summed E-state index contributed by atoms with van der Waals surface area (Å²) in [5, 5.41) is 4.87. The Morgan fingerprint density at radius 1 is 1.07 bits per heavy atom. The van der Waals surface area contributed by atoms with Crippen molar-refractivity contribution in [2.75, 3.05) is 32.8 Å². The Kier molecular flexibility index (Phi) is 6.31. The topological polar surface area (TPSA) is 100 Å². The number of fused-ring (bicyclic) bond motifs is 1. The number of rotatable bonds is 3. The van der Waals surface area contributed by atoms with Crippen molar-refractivity contribution in [2.24, 2.45) is 10.7 Å². The van der Waals surface area contributed by atoms with Gasteiger partial charge in [0.15, 0.2) is 5.96 Å². The molecule has 3 rings (SSSR count). The van der Waals surface area contributed by atoms with Gasteiger partial charge >= 0.3 is 12.1 Å². The third kappa shape index (κ3) is 4.70. The average molecular weight is 383 g/mol. The molecular formula is C20H25N5O3. The minimum Gasteiger partial charge on any atom is -0.450 e. The second kappa shape index (κ2) is 9.07. The van der Waals surface area contributed by atoms with E-state index in [4.69, 9.17) is 10.5 Å². The van der Waals surface area contributed by atoms with E-state index in [0.29, 0.717) is 39.3 Å². The molecule has 0 bridgehead atoms. The third-order valence-corrected chi connectivity index (χ3v) is 4.63. The third-order valence-electron chi connectivity index (χ3n) is 4.63. The van der Waals surface area contributed by atoms with E-state index < -0.39 is 0 Å². The summed E-state index contributed by atoms with van der Waals surface area (Å²) in [6, 6.07) is 13.8. The van der Waals surface area contributed by atoms with Crippen LogP contribution in [0.2, 0.25) is 0 Å². The number of benzene rings is 2. The van der Waals surface area contributed by atoms with Gasteiger partial charge in [0.25, 0.3) is 0 Å². The van der Waals surface area contributed by atoms with Gasteiger partial charge in [0.2, 0.25) is 0 Å². The van der Waals surface area contributed by atoms with E-state index in [1.165, 1.54) is 0 Å². The number of hydrogen-bond donors (Lipinski definition) is 2. The molecule has 8 heteroatoms. The molecule has 28 heavy (non-hydrogen) atoms. The first kappa shape index (κ1) is 19.5. The SMILES string of the molecule is CCOC(=O)N1CCN(C(=O)NC(N)=NCc2cccc3ccccc23)CC1. The number of hydrogen-bond acceptors (Lipinski definition) is 4. The number of urea groups is 1. The zero-order chi connectivity index (χ0) is 19.9. The molecule has 0 unspecified atom stereocenters. The minimum atomic E-state index is -0.348. The molecule has 0 aliphatic carbocycles. The number of nitrogens with two attached hydrogens (primary N) is 1. The van der Waals surface area contributed by atoms with Crippen molar-refractivity contribution < 1.29 is 14.3 Å². The van der Waals surface area contributed by atoms with Crippen LogP contribution in [0.5, 0.6) is 0 Å². The fraction of sp³-hybridized carbons (Fsp3) is 0.350. The van der Waals surface area contributed by atoms with Crippen molar-refractivity contribution in [1.29, 1.82) is 0 Å². The summed E-state index contributed by atoms with van der Waals surface area (Å²) in [5.74, 6) is 0.0748. The summed E-state index contributed by atoms with van der Waals surface area (Å²) in [6.07, 6.45) is -0.348. The summed E-state index contributed by atoms with van der Waals surface area (Å²) >= 11 is 0.